The SMILES string of the molecule is COc1cccc(C2=NOC3C(=O)N(c4ccc5ccccc5c4)C(=O)C23)c1OC. The van der Waals surface area contributed by atoms with Crippen molar-refractivity contribution < 1.29 is 23.9 Å². The van der Waals surface area contributed by atoms with E-state index in [0.717, 1.165) is 10.8 Å². The number of rotatable bonds is 4. The van der Waals surface area contributed by atoms with Crippen molar-refractivity contribution in [3.8, 4) is 11.5 Å². The summed E-state index contributed by atoms with van der Waals surface area (Å²) in [6.45, 7) is 0. The lowest BCUT2D eigenvalue weighted by Gasteiger charge is -2.17. The number of benzene rings is 3. The highest BCUT2D eigenvalue weighted by Crippen LogP contribution is 2.40. The zero-order chi connectivity index (χ0) is 20.8. The third-order valence-electron chi connectivity index (χ3n) is 5.48. The average molecular weight is 402 g/mol. The summed E-state index contributed by atoms with van der Waals surface area (Å²) in [6, 6.07) is 18.5. The molecule has 0 aromatic heterocycles. The first-order valence-electron chi connectivity index (χ1n) is 9.45. The Morgan fingerprint density at radius 2 is 1.70 bits per heavy atom. The minimum Gasteiger partial charge on any atom is -0.493 e. The number of nitrogens with zero attached hydrogens (tertiary/aromatic N) is 2. The van der Waals surface area contributed by atoms with E-state index >= 15 is 0 Å². The Morgan fingerprint density at radius 3 is 2.47 bits per heavy atom. The number of carbonyl (C=O) groups is 2. The Hall–Kier alpha value is -3.87. The number of oxime groups is 1. The molecular formula is C23H18N2O5. The zero-order valence-electron chi connectivity index (χ0n) is 16.4. The lowest BCUT2D eigenvalue weighted by atomic mass is 9.93. The molecule has 0 aliphatic carbocycles. The van der Waals surface area contributed by atoms with Gasteiger partial charge >= 0.3 is 0 Å². The first-order valence-corrected chi connectivity index (χ1v) is 9.45. The van der Waals surface area contributed by atoms with Crippen LogP contribution in [0.25, 0.3) is 10.8 Å². The number of methoxy groups -OCH3 is 2. The highest BCUT2D eigenvalue weighted by atomic mass is 16.7. The first kappa shape index (κ1) is 18.2. The number of para-hydroxylation sites is 1. The van der Waals surface area contributed by atoms with Crippen LogP contribution in [-0.2, 0) is 14.4 Å². The van der Waals surface area contributed by atoms with Crippen LogP contribution in [0.5, 0.6) is 11.5 Å². The fourth-order valence-corrected chi connectivity index (χ4v) is 4.06. The van der Waals surface area contributed by atoms with E-state index in [0.29, 0.717) is 28.5 Å². The standard InChI is InChI=1S/C23H18N2O5/c1-28-17-9-5-8-16(20(17)29-2)19-18-21(30-24-19)23(27)25(22(18)26)15-11-10-13-6-3-4-7-14(13)12-15/h3-12,18,21H,1-2H3. The van der Waals surface area contributed by atoms with Crippen LogP contribution in [0.2, 0.25) is 0 Å². The van der Waals surface area contributed by atoms with Crippen molar-refractivity contribution in [2.45, 2.75) is 6.10 Å². The van der Waals surface area contributed by atoms with Gasteiger partial charge in [-0.15, -0.1) is 0 Å². The molecule has 2 atom stereocenters. The molecule has 1 fully saturated rings. The van der Waals surface area contributed by atoms with Crippen molar-refractivity contribution in [3.05, 3.63) is 66.2 Å². The molecule has 0 bridgehead atoms. The van der Waals surface area contributed by atoms with Gasteiger partial charge in [-0.3, -0.25) is 9.59 Å². The molecule has 2 unspecified atom stereocenters. The molecule has 150 valence electrons. The second-order valence-electron chi connectivity index (χ2n) is 7.06. The summed E-state index contributed by atoms with van der Waals surface area (Å²) in [7, 11) is 3.04. The number of imide groups is 1. The van der Waals surface area contributed by atoms with Gasteiger partial charge in [-0.25, -0.2) is 4.90 Å². The number of carbonyl (C=O) groups excluding carboxylic acids is 2. The summed E-state index contributed by atoms with van der Waals surface area (Å²) in [5.41, 5.74) is 1.43. The lowest BCUT2D eigenvalue weighted by Crippen LogP contribution is -2.33. The Kier molecular flexibility index (Phi) is 4.17. The maximum absolute atomic E-state index is 13.3. The average Bonchev–Trinajstić information content (AvgIpc) is 3.32. The van der Waals surface area contributed by atoms with Gasteiger partial charge in [0.05, 0.1) is 19.9 Å². The van der Waals surface area contributed by atoms with Crippen molar-refractivity contribution in [3.63, 3.8) is 0 Å². The fourth-order valence-electron chi connectivity index (χ4n) is 4.06. The predicted molar refractivity (Wildman–Crippen MR) is 111 cm³/mol. The largest absolute Gasteiger partial charge is 0.493 e. The molecule has 2 amide bonds. The van der Waals surface area contributed by atoms with Crippen LogP contribution < -0.4 is 14.4 Å². The van der Waals surface area contributed by atoms with E-state index in [1.807, 2.05) is 36.4 Å². The predicted octanol–water partition coefficient (Wildman–Crippen LogP) is 3.15. The Bertz CT molecular complexity index is 1220. The molecule has 7 nitrogen and oxygen atoms in total. The molecule has 7 heteroatoms. The second kappa shape index (κ2) is 6.88. The second-order valence-corrected chi connectivity index (χ2v) is 7.06. The van der Waals surface area contributed by atoms with Gasteiger partial charge in [0.2, 0.25) is 12.0 Å². The van der Waals surface area contributed by atoms with Gasteiger partial charge in [0.15, 0.2) is 11.5 Å². The van der Waals surface area contributed by atoms with E-state index < -0.39 is 17.9 Å². The van der Waals surface area contributed by atoms with Crippen molar-refractivity contribution in [2.24, 2.45) is 11.1 Å². The van der Waals surface area contributed by atoms with E-state index in [4.69, 9.17) is 14.3 Å². The number of amides is 2. The van der Waals surface area contributed by atoms with E-state index in [1.165, 1.54) is 19.1 Å². The number of ether oxygens (including phenoxy) is 2. The first-order chi connectivity index (χ1) is 14.6. The van der Waals surface area contributed by atoms with Crippen molar-refractivity contribution in [2.75, 3.05) is 19.1 Å². The van der Waals surface area contributed by atoms with Crippen LogP contribution in [0, 0.1) is 5.92 Å². The van der Waals surface area contributed by atoms with E-state index in [-0.39, 0.29) is 5.91 Å². The van der Waals surface area contributed by atoms with Crippen LogP contribution in [0.3, 0.4) is 0 Å². The van der Waals surface area contributed by atoms with Gasteiger partial charge in [-0.1, -0.05) is 41.6 Å². The van der Waals surface area contributed by atoms with Crippen LogP contribution >= 0.6 is 0 Å². The Labute approximate surface area is 172 Å². The number of fused-ring (bicyclic) bond motifs is 2. The molecule has 0 spiro atoms. The summed E-state index contributed by atoms with van der Waals surface area (Å²) in [6.07, 6.45) is -0.991. The van der Waals surface area contributed by atoms with Crippen LogP contribution in [0.1, 0.15) is 5.56 Å². The van der Waals surface area contributed by atoms with Crippen molar-refractivity contribution in [1.82, 2.24) is 0 Å². The van der Waals surface area contributed by atoms with Gasteiger partial charge in [-0.05, 0) is 35.0 Å². The quantitative estimate of drug-likeness (QED) is 0.627. The Balaban J connectivity index is 1.55. The third kappa shape index (κ3) is 2.55. The summed E-state index contributed by atoms with van der Waals surface area (Å²) < 4.78 is 10.8. The highest BCUT2D eigenvalue weighted by molar-refractivity contribution is 6.33. The minimum atomic E-state index is -0.991. The molecule has 30 heavy (non-hydrogen) atoms. The normalized spacial score (nSPS) is 20.2. The highest BCUT2D eigenvalue weighted by Gasteiger charge is 2.56. The van der Waals surface area contributed by atoms with Crippen LogP contribution in [-0.4, -0.2) is 37.8 Å². The molecule has 0 N–H and O–H groups in total. The lowest BCUT2D eigenvalue weighted by molar-refractivity contribution is -0.126. The topological polar surface area (TPSA) is 77.4 Å². The smallest absolute Gasteiger partial charge is 0.278 e. The molecule has 5 rings (SSSR count). The van der Waals surface area contributed by atoms with Crippen LogP contribution in [0.4, 0.5) is 5.69 Å². The Morgan fingerprint density at radius 1 is 0.900 bits per heavy atom. The van der Waals surface area contributed by atoms with E-state index in [9.17, 15) is 9.59 Å². The van der Waals surface area contributed by atoms with Gasteiger partial charge in [0.25, 0.3) is 5.91 Å². The minimum absolute atomic E-state index is 0.359. The molecular weight excluding hydrogens is 384 g/mol. The van der Waals surface area contributed by atoms with E-state index in [2.05, 4.69) is 5.16 Å². The summed E-state index contributed by atoms with van der Waals surface area (Å²) in [5.74, 6) is -0.705. The van der Waals surface area contributed by atoms with Crippen LogP contribution in [0.15, 0.2) is 65.8 Å². The molecule has 2 aliphatic rings. The van der Waals surface area contributed by atoms with Gasteiger partial charge in [-0.2, -0.15) is 0 Å². The van der Waals surface area contributed by atoms with Gasteiger partial charge in [0.1, 0.15) is 11.6 Å². The molecule has 2 heterocycles. The van der Waals surface area contributed by atoms with Crippen molar-refractivity contribution in [1.29, 1.82) is 0 Å². The molecule has 0 saturated carbocycles. The number of hydrogen-bond acceptors (Lipinski definition) is 6. The van der Waals surface area contributed by atoms with Crippen molar-refractivity contribution >= 4 is 34.0 Å². The number of hydrogen-bond donors (Lipinski definition) is 0. The summed E-state index contributed by atoms with van der Waals surface area (Å²) in [4.78, 5) is 33.0. The van der Waals surface area contributed by atoms with Gasteiger partial charge in [0, 0.05) is 5.56 Å². The fraction of sp³-hybridized carbons (Fsp3) is 0.174. The molecule has 1 saturated heterocycles. The maximum Gasteiger partial charge on any atom is 0.278 e. The maximum atomic E-state index is 13.3. The van der Waals surface area contributed by atoms with Gasteiger partial charge < -0.3 is 14.3 Å². The monoisotopic (exact) mass is 402 g/mol. The molecule has 3 aromatic rings. The molecule has 2 aliphatic heterocycles. The molecule has 3 aromatic carbocycles. The molecule has 0 radical (unpaired) electrons. The van der Waals surface area contributed by atoms with E-state index in [1.54, 1.807) is 24.3 Å². The third-order valence-corrected chi connectivity index (χ3v) is 5.48. The number of anilines is 1. The summed E-state index contributed by atoms with van der Waals surface area (Å²) in [5, 5.41) is 6.04. The summed E-state index contributed by atoms with van der Waals surface area (Å²) >= 11 is 0. The zero-order valence-corrected chi connectivity index (χ0v) is 16.4.